The Morgan fingerprint density at radius 3 is 2.46 bits per heavy atom. The highest BCUT2D eigenvalue weighted by Gasteiger charge is 2.27. The van der Waals surface area contributed by atoms with Crippen molar-refractivity contribution in [2.45, 2.75) is 18.7 Å². The number of methoxy groups -OCH3 is 1. The lowest BCUT2D eigenvalue weighted by Crippen LogP contribution is -2.39. The van der Waals surface area contributed by atoms with Crippen molar-refractivity contribution in [2.75, 3.05) is 24.6 Å². The number of carbonyl (C=O) groups is 1. The van der Waals surface area contributed by atoms with Crippen molar-refractivity contribution in [3.8, 4) is 11.5 Å². The molecule has 0 aliphatic rings. The van der Waals surface area contributed by atoms with Crippen LogP contribution in [-0.4, -0.2) is 40.8 Å². The van der Waals surface area contributed by atoms with Crippen LogP contribution in [0.5, 0.6) is 11.5 Å². The van der Waals surface area contributed by atoms with Crippen LogP contribution in [0, 0.1) is 13.8 Å². The number of hydrogen-bond acceptors (Lipinski definition) is 6. The number of hydrazone groups is 1. The molecule has 194 valence electrons. The number of halogens is 1. The molecule has 1 amide bonds. The lowest BCUT2D eigenvalue weighted by atomic mass is 10.2. The van der Waals surface area contributed by atoms with Crippen molar-refractivity contribution >= 4 is 39.4 Å². The Morgan fingerprint density at radius 2 is 1.81 bits per heavy atom. The van der Waals surface area contributed by atoms with Crippen LogP contribution < -0.4 is 19.2 Å². The number of aryl methyl sites for hydroxylation is 2. The van der Waals surface area contributed by atoms with Gasteiger partial charge in [0.15, 0.2) is 11.5 Å². The molecule has 0 unspecified atom stereocenters. The first-order valence-electron chi connectivity index (χ1n) is 11.2. The van der Waals surface area contributed by atoms with Crippen molar-refractivity contribution in [1.82, 2.24) is 5.43 Å². The third-order valence-corrected chi connectivity index (χ3v) is 7.48. The van der Waals surface area contributed by atoms with E-state index in [2.05, 4.69) is 17.1 Å². The van der Waals surface area contributed by atoms with Crippen LogP contribution in [0.2, 0.25) is 5.02 Å². The molecule has 0 atom stereocenters. The van der Waals surface area contributed by atoms with Crippen LogP contribution in [-0.2, 0) is 14.8 Å². The minimum Gasteiger partial charge on any atom is -0.493 e. The Bertz CT molecular complexity index is 1410. The molecule has 1 N–H and O–H groups in total. The van der Waals surface area contributed by atoms with E-state index in [9.17, 15) is 13.2 Å². The molecule has 0 aromatic heterocycles. The van der Waals surface area contributed by atoms with E-state index in [0.29, 0.717) is 28.7 Å². The molecule has 8 nitrogen and oxygen atoms in total. The molecule has 10 heteroatoms. The topological polar surface area (TPSA) is 97.3 Å². The second-order valence-corrected chi connectivity index (χ2v) is 10.3. The molecule has 0 fully saturated rings. The maximum absolute atomic E-state index is 13.5. The number of hydrogen-bond donors (Lipinski definition) is 1. The van der Waals surface area contributed by atoms with E-state index >= 15 is 0 Å². The summed E-state index contributed by atoms with van der Waals surface area (Å²) >= 11 is 6.26. The zero-order valence-corrected chi connectivity index (χ0v) is 22.3. The monoisotopic (exact) mass is 541 g/mol. The highest BCUT2D eigenvalue weighted by molar-refractivity contribution is 7.92. The number of carbonyl (C=O) groups excluding carboxylic acids is 1. The molecule has 37 heavy (non-hydrogen) atoms. The molecule has 0 saturated heterocycles. The van der Waals surface area contributed by atoms with E-state index < -0.39 is 22.5 Å². The van der Waals surface area contributed by atoms with E-state index in [4.69, 9.17) is 21.1 Å². The van der Waals surface area contributed by atoms with Crippen molar-refractivity contribution in [3.05, 3.63) is 95.0 Å². The van der Waals surface area contributed by atoms with Gasteiger partial charge < -0.3 is 9.47 Å². The maximum atomic E-state index is 13.5. The van der Waals surface area contributed by atoms with E-state index in [-0.39, 0.29) is 10.6 Å². The van der Waals surface area contributed by atoms with Crippen LogP contribution in [0.25, 0.3) is 0 Å². The Labute approximate surface area is 222 Å². The normalized spacial score (nSPS) is 11.2. The molecule has 3 rings (SSSR count). The number of rotatable bonds is 11. The first kappa shape index (κ1) is 27.8. The molecule has 0 spiro atoms. The summed E-state index contributed by atoms with van der Waals surface area (Å²) < 4.78 is 38.8. The summed E-state index contributed by atoms with van der Waals surface area (Å²) in [6.45, 7) is 7.10. The fourth-order valence-electron chi connectivity index (χ4n) is 3.27. The fraction of sp³-hybridized carbons (Fsp3) is 0.185. The molecule has 0 aliphatic carbocycles. The predicted octanol–water partition coefficient (Wildman–Crippen LogP) is 4.88. The quantitative estimate of drug-likeness (QED) is 0.212. The van der Waals surface area contributed by atoms with E-state index in [0.717, 1.165) is 15.4 Å². The van der Waals surface area contributed by atoms with Crippen molar-refractivity contribution in [3.63, 3.8) is 0 Å². The minimum absolute atomic E-state index is 0.0527. The van der Waals surface area contributed by atoms with E-state index in [1.165, 1.54) is 31.5 Å². The summed E-state index contributed by atoms with van der Waals surface area (Å²) in [5, 5.41) is 4.35. The Kier molecular flexibility index (Phi) is 9.32. The average molecular weight is 542 g/mol. The average Bonchev–Trinajstić information content (AvgIpc) is 2.88. The molecule has 0 bridgehead atoms. The summed E-state index contributed by atoms with van der Waals surface area (Å²) in [6, 6.07) is 16.3. The van der Waals surface area contributed by atoms with Gasteiger partial charge in [-0.1, -0.05) is 48.0 Å². The van der Waals surface area contributed by atoms with Gasteiger partial charge in [-0.05, 0) is 67.4 Å². The Morgan fingerprint density at radius 1 is 1.08 bits per heavy atom. The first-order valence-corrected chi connectivity index (χ1v) is 13.1. The largest absolute Gasteiger partial charge is 0.493 e. The number of ether oxygens (including phenoxy) is 2. The van der Waals surface area contributed by atoms with Crippen LogP contribution in [0.4, 0.5) is 5.69 Å². The van der Waals surface area contributed by atoms with E-state index in [1.807, 2.05) is 6.92 Å². The van der Waals surface area contributed by atoms with Crippen LogP contribution >= 0.6 is 11.6 Å². The number of amides is 1. The molecule has 0 heterocycles. The van der Waals surface area contributed by atoms with Gasteiger partial charge in [0.2, 0.25) is 0 Å². The minimum atomic E-state index is -4.07. The summed E-state index contributed by atoms with van der Waals surface area (Å²) in [4.78, 5) is 12.8. The van der Waals surface area contributed by atoms with Crippen LogP contribution in [0.1, 0.15) is 16.7 Å². The zero-order chi connectivity index (χ0) is 27.0. The zero-order valence-electron chi connectivity index (χ0n) is 20.8. The molecular weight excluding hydrogens is 514 g/mol. The highest BCUT2D eigenvalue weighted by atomic mass is 35.5. The molecular formula is C27H28ClN3O5S. The van der Waals surface area contributed by atoms with Gasteiger partial charge in [-0.3, -0.25) is 9.10 Å². The van der Waals surface area contributed by atoms with Gasteiger partial charge in [0.05, 0.1) is 23.9 Å². The maximum Gasteiger partial charge on any atom is 0.264 e. The molecule has 0 aliphatic heterocycles. The van der Waals surface area contributed by atoms with Gasteiger partial charge in [0.1, 0.15) is 13.2 Å². The van der Waals surface area contributed by atoms with Gasteiger partial charge in [-0.25, -0.2) is 13.8 Å². The lowest BCUT2D eigenvalue weighted by Gasteiger charge is -2.24. The summed E-state index contributed by atoms with van der Waals surface area (Å²) in [5.41, 5.74) is 4.97. The van der Waals surface area contributed by atoms with Gasteiger partial charge in [-0.15, -0.1) is 0 Å². The second-order valence-electron chi connectivity index (χ2n) is 8.06. The third-order valence-electron chi connectivity index (χ3n) is 5.29. The number of nitrogens with one attached hydrogen (secondary N) is 1. The molecule has 0 saturated carbocycles. The van der Waals surface area contributed by atoms with Crippen molar-refractivity contribution in [2.24, 2.45) is 5.10 Å². The number of nitrogens with zero attached hydrogens (tertiary/aromatic N) is 2. The van der Waals surface area contributed by atoms with Gasteiger partial charge in [0, 0.05) is 5.02 Å². The van der Waals surface area contributed by atoms with Crippen LogP contribution in [0.3, 0.4) is 0 Å². The predicted molar refractivity (Wildman–Crippen MR) is 146 cm³/mol. The fourth-order valence-corrected chi connectivity index (χ4v) is 4.85. The first-order chi connectivity index (χ1) is 17.6. The van der Waals surface area contributed by atoms with Crippen LogP contribution in [0.15, 0.2) is 83.3 Å². The lowest BCUT2D eigenvalue weighted by molar-refractivity contribution is -0.119. The molecule has 0 radical (unpaired) electrons. The smallest absolute Gasteiger partial charge is 0.264 e. The number of sulfonamides is 1. The number of benzene rings is 3. The van der Waals surface area contributed by atoms with Gasteiger partial charge in [0.25, 0.3) is 15.9 Å². The van der Waals surface area contributed by atoms with Crippen molar-refractivity contribution < 1.29 is 22.7 Å². The summed E-state index contributed by atoms with van der Waals surface area (Å²) in [5.74, 6) is 0.391. The Hall–Kier alpha value is -3.82. The van der Waals surface area contributed by atoms with Crippen molar-refractivity contribution in [1.29, 1.82) is 0 Å². The van der Waals surface area contributed by atoms with Gasteiger partial charge >= 0.3 is 0 Å². The number of anilines is 1. The highest BCUT2D eigenvalue weighted by Crippen LogP contribution is 2.29. The Balaban J connectivity index is 1.81. The van der Waals surface area contributed by atoms with Gasteiger partial charge in [-0.2, -0.15) is 5.10 Å². The van der Waals surface area contributed by atoms with E-state index in [1.54, 1.807) is 55.5 Å². The standard InChI is InChI=1S/C27H28ClN3O5S/c1-5-14-36-25-13-9-21(15-26(25)35-4)17-29-30-27(32)18-31(22-10-8-20(3)24(28)16-22)37(33,34)23-11-6-19(2)7-12-23/h5-13,15-17H,1,14,18H2,2-4H3,(H,30,32)/b29-17-. The summed E-state index contributed by atoms with van der Waals surface area (Å²) in [7, 11) is -2.56. The molecule has 3 aromatic rings. The second kappa shape index (κ2) is 12.4. The third kappa shape index (κ3) is 7.12. The summed E-state index contributed by atoms with van der Waals surface area (Å²) in [6.07, 6.45) is 3.04. The molecule has 3 aromatic carbocycles. The SMILES string of the molecule is C=CCOc1ccc(/C=N\NC(=O)CN(c2ccc(C)c(Cl)c2)S(=O)(=O)c2ccc(C)cc2)cc1OC.